The number of hydrogen-bond donors (Lipinski definition) is 1. The van der Waals surface area contributed by atoms with Gasteiger partial charge in [-0.3, -0.25) is 4.79 Å². The summed E-state index contributed by atoms with van der Waals surface area (Å²) >= 11 is 0. The molecule has 1 amide bonds. The Bertz CT molecular complexity index is 664. The number of nitrogens with one attached hydrogen (secondary N) is 1. The number of piperazine rings is 1. The lowest BCUT2D eigenvalue weighted by Gasteiger charge is -2.32. The van der Waals surface area contributed by atoms with E-state index in [1.165, 1.54) is 12.1 Å². The van der Waals surface area contributed by atoms with E-state index >= 15 is 0 Å². The molecule has 2 aromatic rings. The van der Waals surface area contributed by atoms with E-state index in [0.29, 0.717) is 5.69 Å². The second-order valence-corrected chi connectivity index (χ2v) is 5.66. The van der Waals surface area contributed by atoms with Crippen LogP contribution in [0.15, 0.2) is 42.6 Å². The van der Waals surface area contributed by atoms with Crippen molar-refractivity contribution in [2.75, 3.05) is 38.5 Å². The Hall–Kier alpha value is -2.47. The average Bonchev–Trinajstić information content (AvgIpc) is 2.58. The van der Waals surface area contributed by atoms with Gasteiger partial charge >= 0.3 is 0 Å². The second kappa shape index (κ2) is 6.75. The lowest BCUT2D eigenvalue weighted by atomic mass is 10.2. The molecule has 1 saturated heterocycles. The van der Waals surface area contributed by atoms with E-state index < -0.39 is 0 Å². The minimum atomic E-state index is -0.276. The lowest BCUT2D eigenvalue weighted by molar-refractivity contribution is 0.0658. The molecule has 2 heterocycles. The van der Waals surface area contributed by atoms with Gasteiger partial charge in [0, 0.05) is 31.9 Å². The maximum Gasteiger partial charge on any atom is 0.272 e. The molecule has 1 aliphatic heterocycles. The summed E-state index contributed by atoms with van der Waals surface area (Å²) in [4.78, 5) is 20.7. The van der Waals surface area contributed by atoms with Crippen molar-refractivity contribution in [1.29, 1.82) is 0 Å². The number of amides is 1. The molecular weight excluding hydrogens is 295 g/mol. The van der Waals surface area contributed by atoms with Gasteiger partial charge in [-0.15, -0.1) is 0 Å². The number of carbonyl (C=O) groups excluding carboxylic acids is 1. The number of likely N-dealkylation sites (N-methyl/N-ethyl adjacent to an activating group) is 1. The second-order valence-electron chi connectivity index (χ2n) is 5.66. The van der Waals surface area contributed by atoms with Crippen molar-refractivity contribution in [3.63, 3.8) is 0 Å². The number of halogens is 1. The van der Waals surface area contributed by atoms with Crippen molar-refractivity contribution >= 4 is 17.3 Å². The van der Waals surface area contributed by atoms with E-state index in [-0.39, 0.29) is 11.7 Å². The SMILES string of the molecule is CN1CCN(C(=O)c2ccc(Nc3ccc(F)cc3)cn2)CC1. The van der Waals surface area contributed by atoms with Crippen molar-refractivity contribution in [3.8, 4) is 0 Å². The van der Waals surface area contributed by atoms with Crippen LogP contribution < -0.4 is 5.32 Å². The molecule has 5 nitrogen and oxygen atoms in total. The van der Waals surface area contributed by atoms with Gasteiger partial charge in [-0.05, 0) is 43.4 Å². The molecule has 1 N–H and O–H groups in total. The van der Waals surface area contributed by atoms with Gasteiger partial charge in [0.1, 0.15) is 11.5 Å². The van der Waals surface area contributed by atoms with Crippen molar-refractivity contribution < 1.29 is 9.18 Å². The molecule has 3 rings (SSSR count). The van der Waals surface area contributed by atoms with Gasteiger partial charge in [0.2, 0.25) is 0 Å². The first kappa shape index (κ1) is 15.4. The summed E-state index contributed by atoms with van der Waals surface area (Å²) < 4.78 is 12.9. The zero-order chi connectivity index (χ0) is 16.2. The molecule has 0 bridgehead atoms. The number of anilines is 2. The molecule has 1 fully saturated rings. The maximum atomic E-state index is 12.9. The highest BCUT2D eigenvalue weighted by atomic mass is 19.1. The number of rotatable bonds is 3. The van der Waals surface area contributed by atoms with Crippen molar-refractivity contribution in [1.82, 2.24) is 14.8 Å². The van der Waals surface area contributed by atoms with Crippen LogP contribution in [-0.2, 0) is 0 Å². The van der Waals surface area contributed by atoms with Gasteiger partial charge < -0.3 is 15.1 Å². The molecule has 23 heavy (non-hydrogen) atoms. The zero-order valence-corrected chi connectivity index (χ0v) is 13.0. The van der Waals surface area contributed by atoms with Crippen LogP contribution in [-0.4, -0.2) is 53.9 Å². The third kappa shape index (κ3) is 3.84. The number of carbonyl (C=O) groups is 1. The summed E-state index contributed by atoms with van der Waals surface area (Å²) in [5.41, 5.74) is 1.97. The number of nitrogens with zero attached hydrogens (tertiary/aromatic N) is 3. The quantitative estimate of drug-likeness (QED) is 0.945. The van der Waals surface area contributed by atoms with E-state index in [2.05, 4.69) is 22.2 Å². The lowest BCUT2D eigenvalue weighted by Crippen LogP contribution is -2.47. The maximum absolute atomic E-state index is 12.9. The molecule has 0 saturated carbocycles. The summed E-state index contributed by atoms with van der Waals surface area (Å²) in [6, 6.07) is 9.60. The predicted molar refractivity (Wildman–Crippen MR) is 87.3 cm³/mol. The Morgan fingerprint density at radius 1 is 1.04 bits per heavy atom. The highest BCUT2D eigenvalue weighted by Crippen LogP contribution is 2.17. The fraction of sp³-hybridized carbons (Fsp3) is 0.294. The number of benzene rings is 1. The first-order valence-electron chi connectivity index (χ1n) is 7.58. The molecule has 0 atom stereocenters. The van der Waals surface area contributed by atoms with Gasteiger partial charge in [-0.25, -0.2) is 9.37 Å². The molecular formula is C17H19FN4O. The Kier molecular flexibility index (Phi) is 4.52. The fourth-order valence-electron chi connectivity index (χ4n) is 2.47. The summed E-state index contributed by atoms with van der Waals surface area (Å²) in [7, 11) is 2.05. The van der Waals surface area contributed by atoms with Crippen molar-refractivity contribution in [2.24, 2.45) is 0 Å². The molecule has 6 heteroatoms. The van der Waals surface area contributed by atoms with Crippen molar-refractivity contribution in [2.45, 2.75) is 0 Å². The van der Waals surface area contributed by atoms with Crippen LogP contribution >= 0.6 is 0 Å². The van der Waals surface area contributed by atoms with Gasteiger partial charge in [0.15, 0.2) is 0 Å². The van der Waals surface area contributed by atoms with Crippen LogP contribution in [0, 0.1) is 5.82 Å². The Labute approximate surface area is 134 Å². The van der Waals surface area contributed by atoms with E-state index in [4.69, 9.17) is 0 Å². The summed E-state index contributed by atoms with van der Waals surface area (Å²) in [6.07, 6.45) is 1.62. The summed E-state index contributed by atoms with van der Waals surface area (Å²) in [6.45, 7) is 3.23. The van der Waals surface area contributed by atoms with Gasteiger partial charge in [-0.1, -0.05) is 0 Å². The van der Waals surface area contributed by atoms with Crippen LogP contribution in [0.4, 0.5) is 15.8 Å². The third-order valence-corrected chi connectivity index (χ3v) is 3.91. The molecule has 1 aliphatic rings. The first-order chi connectivity index (χ1) is 11.1. The van der Waals surface area contributed by atoms with Crippen LogP contribution in [0.2, 0.25) is 0 Å². The molecule has 0 spiro atoms. The molecule has 1 aromatic heterocycles. The largest absolute Gasteiger partial charge is 0.354 e. The topological polar surface area (TPSA) is 48.5 Å². The van der Waals surface area contributed by atoms with E-state index in [1.54, 1.807) is 30.5 Å². The Morgan fingerprint density at radius 2 is 1.70 bits per heavy atom. The van der Waals surface area contributed by atoms with Crippen LogP contribution in [0.3, 0.4) is 0 Å². The zero-order valence-electron chi connectivity index (χ0n) is 13.0. The smallest absolute Gasteiger partial charge is 0.272 e. The minimum absolute atomic E-state index is 0.0357. The highest BCUT2D eigenvalue weighted by Gasteiger charge is 2.21. The standard InChI is InChI=1S/C17H19FN4O/c1-21-8-10-22(11-9-21)17(23)16-7-6-15(12-19-16)20-14-4-2-13(18)3-5-14/h2-7,12,20H,8-11H2,1H3. The van der Waals surface area contributed by atoms with Crippen LogP contribution in [0.5, 0.6) is 0 Å². The van der Waals surface area contributed by atoms with E-state index in [0.717, 1.165) is 37.6 Å². The average molecular weight is 314 g/mol. The van der Waals surface area contributed by atoms with Crippen LogP contribution in [0.1, 0.15) is 10.5 Å². The molecule has 0 aliphatic carbocycles. The van der Waals surface area contributed by atoms with Gasteiger partial charge in [-0.2, -0.15) is 0 Å². The third-order valence-electron chi connectivity index (χ3n) is 3.91. The number of aromatic nitrogens is 1. The minimum Gasteiger partial charge on any atom is -0.354 e. The monoisotopic (exact) mass is 314 g/mol. The first-order valence-corrected chi connectivity index (χ1v) is 7.58. The summed E-state index contributed by atoms with van der Waals surface area (Å²) in [5, 5.41) is 3.12. The van der Waals surface area contributed by atoms with Gasteiger partial charge in [0.05, 0.1) is 11.9 Å². The van der Waals surface area contributed by atoms with E-state index in [1.807, 2.05) is 4.90 Å². The highest BCUT2D eigenvalue weighted by molar-refractivity contribution is 5.92. The van der Waals surface area contributed by atoms with Crippen LogP contribution in [0.25, 0.3) is 0 Å². The predicted octanol–water partition coefficient (Wildman–Crippen LogP) is 2.35. The fourth-order valence-corrected chi connectivity index (χ4v) is 2.47. The van der Waals surface area contributed by atoms with Crippen molar-refractivity contribution in [3.05, 3.63) is 54.1 Å². The Balaban J connectivity index is 1.64. The normalized spacial score (nSPS) is 15.5. The Morgan fingerprint density at radius 3 is 2.30 bits per heavy atom. The van der Waals surface area contributed by atoms with E-state index in [9.17, 15) is 9.18 Å². The molecule has 0 unspecified atom stereocenters. The molecule has 1 aromatic carbocycles. The number of pyridine rings is 1. The molecule has 120 valence electrons. The summed E-state index contributed by atoms with van der Waals surface area (Å²) in [5.74, 6) is -0.312. The number of hydrogen-bond acceptors (Lipinski definition) is 4. The van der Waals surface area contributed by atoms with Gasteiger partial charge in [0.25, 0.3) is 5.91 Å². The molecule has 0 radical (unpaired) electrons.